The maximum atomic E-state index is 15.1. The summed E-state index contributed by atoms with van der Waals surface area (Å²) in [5, 5.41) is 12.1. The van der Waals surface area contributed by atoms with Gasteiger partial charge in [0.25, 0.3) is 0 Å². The van der Waals surface area contributed by atoms with Crippen LogP contribution in [0, 0.1) is 11.7 Å². The fourth-order valence-corrected chi connectivity index (χ4v) is 4.00. The summed E-state index contributed by atoms with van der Waals surface area (Å²) in [6.45, 7) is 6.69. The van der Waals surface area contributed by atoms with Crippen LogP contribution in [0.15, 0.2) is 47.4 Å². The normalized spacial score (nSPS) is 12.2. The summed E-state index contributed by atoms with van der Waals surface area (Å²) in [7, 11) is 1.53. The number of hydrogen-bond acceptors (Lipinski definition) is 7. The van der Waals surface area contributed by atoms with Crippen LogP contribution in [-0.4, -0.2) is 54.0 Å². The number of halogens is 1. The number of rotatable bonds is 11. The highest BCUT2D eigenvalue weighted by Crippen LogP contribution is 2.29. The second-order valence-electron chi connectivity index (χ2n) is 9.97. The molecular weight excluding hydrogens is 507 g/mol. The summed E-state index contributed by atoms with van der Waals surface area (Å²) in [6.07, 6.45) is 2.30. The van der Waals surface area contributed by atoms with Crippen molar-refractivity contribution in [1.82, 2.24) is 9.88 Å². The van der Waals surface area contributed by atoms with Gasteiger partial charge in [-0.1, -0.05) is 19.1 Å². The Morgan fingerprint density at radius 1 is 1.13 bits per heavy atom. The lowest BCUT2D eigenvalue weighted by Crippen LogP contribution is -2.41. The predicted molar refractivity (Wildman–Crippen MR) is 145 cm³/mol. The lowest BCUT2D eigenvalue weighted by Gasteiger charge is -2.23. The van der Waals surface area contributed by atoms with E-state index in [0.717, 1.165) is 0 Å². The van der Waals surface area contributed by atoms with Crippen LogP contribution in [0.3, 0.4) is 0 Å². The molecule has 0 saturated carbocycles. The molecule has 0 radical (unpaired) electrons. The van der Waals surface area contributed by atoms with Gasteiger partial charge in [0.1, 0.15) is 22.9 Å². The van der Waals surface area contributed by atoms with Gasteiger partial charge < -0.3 is 29.2 Å². The molecule has 0 aliphatic rings. The summed E-state index contributed by atoms with van der Waals surface area (Å²) in [5.74, 6) is -2.70. The Morgan fingerprint density at radius 2 is 1.82 bits per heavy atom. The molecule has 10 heteroatoms. The van der Waals surface area contributed by atoms with Gasteiger partial charge in [-0.05, 0) is 57.0 Å². The summed E-state index contributed by atoms with van der Waals surface area (Å²) >= 11 is 0. The number of pyridine rings is 1. The van der Waals surface area contributed by atoms with E-state index in [2.05, 4.69) is 5.32 Å². The first-order valence-corrected chi connectivity index (χ1v) is 12.7. The van der Waals surface area contributed by atoms with Crippen molar-refractivity contribution in [3.8, 4) is 22.6 Å². The maximum Gasteiger partial charge on any atom is 0.321 e. The number of amides is 1. The van der Waals surface area contributed by atoms with E-state index in [-0.39, 0.29) is 29.6 Å². The first kappa shape index (κ1) is 29.6. The average molecular weight is 543 g/mol. The number of carbonyl (C=O) groups is 2. The van der Waals surface area contributed by atoms with Crippen LogP contribution >= 0.6 is 0 Å². The van der Waals surface area contributed by atoms with Crippen molar-refractivity contribution in [2.75, 3.05) is 26.9 Å². The lowest BCUT2D eigenvalue weighted by atomic mass is 10.0. The van der Waals surface area contributed by atoms with Crippen molar-refractivity contribution in [2.24, 2.45) is 5.92 Å². The molecule has 0 bridgehead atoms. The van der Waals surface area contributed by atoms with Crippen molar-refractivity contribution in [3.05, 3.63) is 58.6 Å². The number of methoxy groups -OCH3 is 1. The lowest BCUT2D eigenvalue weighted by molar-refractivity contribution is -0.164. The second kappa shape index (κ2) is 12.8. The molecule has 210 valence electrons. The van der Waals surface area contributed by atoms with Crippen LogP contribution in [0.25, 0.3) is 22.0 Å². The van der Waals surface area contributed by atoms with E-state index in [4.69, 9.17) is 14.2 Å². The first-order valence-electron chi connectivity index (χ1n) is 12.7. The van der Waals surface area contributed by atoms with Crippen LogP contribution in [-0.2, 0) is 20.9 Å². The quantitative estimate of drug-likeness (QED) is 0.281. The molecule has 2 N–H and O–H groups in total. The number of aliphatic hydroxyl groups is 1. The van der Waals surface area contributed by atoms with Crippen LogP contribution in [0.4, 0.5) is 4.39 Å². The maximum absolute atomic E-state index is 15.1. The molecule has 0 fully saturated rings. The number of fused-ring (bicyclic) bond motifs is 1. The average Bonchev–Trinajstić information content (AvgIpc) is 2.88. The minimum atomic E-state index is -1.40. The molecule has 3 aromatic rings. The highest BCUT2D eigenvalue weighted by Gasteiger charge is 2.30. The smallest absolute Gasteiger partial charge is 0.321 e. The summed E-state index contributed by atoms with van der Waals surface area (Å²) in [4.78, 5) is 38.5. The van der Waals surface area contributed by atoms with Gasteiger partial charge in [-0.25, -0.2) is 4.39 Å². The molecule has 1 atom stereocenters. The van der Waals surface area contributed by atoms with Gasteiger partial charge >= 0.3 is 5.97 Å². The number of carbonyl (C=O) groups excluding carboxylic acids is 2. The molecule has 0 aliphatic carbocycles. The molecule has 0 saturated heterocycles. The van der Waals surface area contributed by atoms with Gasteiger partial charge in [0.2, 0.25) is 5.91 Å². The van der Waals surface area contributed by atoms with E-state index in [0.29, 0.717) is 30.1 Å². The second-order valence-corrected chi connectivity index (χ2v) is 9.97. The van der Waals surface area contributed by atoms with E-state index < -0.39 is 41.2 Å². The number of nitrogens with one attached hydrogen (secondary N) is 1. The Balaban J connectivity index is 2.00. The number of esters is 1. The fraction of sp³-hybridized carbons (Fsp3) is 0.414. The zero-order valence-electron chi connectivity index (χ0n) is 22.9. The topological polar surface area (TPSA) is 116 Å². The van der Waals surface area contributed by atoms with Crippen molar-refractivity contribution >= 4 is 22.8 Å². The number of aromatic nitrogens is 1. The Hall–Kier alpha value is -3.92. The zero-order valence-corrected chi connectivity index (χ0v) is 22.9. The van der Waals surface area contributed by atoms with Crippen LogP contribution in [0.5, 0.6) is 11.5 Å². The third-order valence-corrected chi connectivity index (χ3v) is 5.84. The highest BCUT2D eigenvalue weighted by molar-refractivity contribution is 5.98. The number of hydrogen-bond donors (Lipinski definition) is 2. The van der Waals surface area contributed by atoms with Crippen molar-refractivity contribution in [3.63, 3.8) is 0 Å². The number of benzene rings is 2. The predicted octanol–water partition coefficient (Wildman–Crippen LogP) is 3.67. The standard InChI is InChI=1S/C29H35FN2O7/c1-6-15-38-23-12-11-22(30)24-25(23)32(16-20(26(24)34)18-7-9-19(37-5)10-8-18)14-13-31-27(35)21(17-33)28(36)39-29(2,3)4/h7-12,16,21,33H,6,13-15,17H2,1-5H3,(H,31,35)/t21-/m0/s1. The molecule has 0 aliphatic heterocycles. The molecule has 1 heterocycles. The van der Waals surface area contributed by atoms with Crippen LogP contribution in [0.2, 0.25) is 0 Å². The van der Waals surface area contributed by atoms with Gasteiger partial charge in [0.05, 0.1) is 31.2 Å². The van der Waals surface area contributed by atoms with Gasteiger partial charge in [-0.2, -0.15) is 0 Å². The number of nitrogens with zero attached hydrogens (tertiary/aromatic N) is 1. The van der Waals surface area contributed by atoms with E-state index >= 15 is 4.39 Å². The number of aliphatic hydroxyl groups excluding tert-OH is 1. The van der Waals surface area contributed by atoms with Crippen LogP contribution < -0.4 is 20.2 Å². The Bertz CT molecular complexity index is 1380. The molecule has 0 spiro atoms. The van der Waals surface area contributed by atoms with E-state index in [1.807, 2.05) is 6.92 Å². The van der Waals surface area contributed by atoms with Gasteiger partial charge in [0, 0.05) is 24.8 Å². The molecule has 9 nitrogen and oxygen atoms in total. The van der Waals surface area contributed by atoms with Crippen LogP contribution in [0.1, 0.15) is 34.1 Å². The largest absolute Gasteiger partial charge is 0.497 e. The van der Waals surface area contributed by atoms with Gasteiger partial charge in [0.15, 0.2) is 11.3 Å². The molecule has 1 aromatic heterocycles. The zero-order chi connectivity index (χ0) is 28.7. The molecule has 2 aromatic carbocycles. The Kier molecular flexibility index (Phi) is 9.69. The molecule has 0 unspecified atom stereocenters. The number of ether oxygens (including phenoxy) is 3. The van der Waals surface area contributed by atoms with Crippen molar-refractivity contribution < 1.29 is 33.3 Å². The van der Waals surface area contributed by atoms with Gasteiger partial charge in [-0.15, -0.1) is 0 Å². The fourth-order valence-electron chi connectivity index (χ4n) is 4.00. The molecule has 3 rings (SSSR count). The minimum Gasteiger partial charge on any atom is -0.497 e. The van der Waals surface area contributed by atoms with Crippen molar-refractivity contribution in [1.29, 1.82) is 0 Å². The molecule has 39 heavy (non-hydrogen) atoms. The third kappa shape index (κ3) is 7.14. The minimum absolute atomic E-state index is 0.0158. The van der Waals surface area contributed by atoms with E-state index in [9.17, 15) is 19.5 Å². The monoisotopic (exact) mass is 542 g/mol. The van der Waals surface area contributed by atoms with Gasteiger partial charge in [-0.3, -0.25) is 14.4 Å². The molecular formula is C29H35FN2O7. The SMILES string of the molecule is CCCOc1ccc(F)c2c(=O)c(-c3ccc(OC)cc3)cn(CCNC(=O)[C@H](CO)C(=O)OC(C)(C)C)c12. The van der Waals surface area contributed by atoms with E-state index in [1.54, 1.807) is 55.8 Å². The van der Waals surface area contributed by atoms with E-state index in [1.165, 1.54) is 19.2 Å². The Morgan fingerprint density at radius 3 is 2.41 bits per heavy atom. The highest BCUT2D eigenvalue weighted by atomic mass is 19.1. The summed E-state index contributed by atoms with van der Waals surface area (Å²) in [6, 6.07) is 9.48. The van der Waals surface area contributed by atoms with Crippen molar-refractivity contribution in [2.45, 2.75) is 46.3 Å². The first-order chi connectivity index (χ1) is 18.5. The Labute approximate surface area is 226 Å². The molecule has 1 amide bonds. The third-order valence-electron chi connectivity index (χ3n) is 5.84. The summed E-state index contributed by atoms with van der Waals surface area (Å²) in [5.41, 5.74) is -0.253. The summed E-state index contributed by atoms with van der Waals surface area (Å²) < 4.78 is 33.0.